The van der Waals surface area contributed by atoms with Crippen molar-refractivity contribution in [3.8, 4) is 0 Å². The predicted molar refractivity (Wildman–Crippen MR) is 47.9 cm³/mol. The first-order valence-electron chi connectivity index (χ1n) is 3.27. The summed E-state index contributed by atoms with van der Waals surface area (Å²) in [5.41, 5.74) is 0.285. The second kappa shape index (κ2) is 2.67. The second-order valence-corrected chi connectivity index (χ2v) is 3.05. The molecular formula is C7H4BrN3O. The van der Waals surface area contributed by atoms with Crippen molar-refractivity contribution >= 4 is 27.0 Å². The van der Waals surface area contributed by atoms with Crippen LogP contribution >= 0.6 is 15.9 Å². The van der Waals surface area contributed by atoms with Gasteiger partial charge in [0.25, 0.3) is 5.56 Å². The summed E-state index contributed by atoms with van der Waals surface area (Å²) in [5, 5.41) is 0.501. The maximum Gasteiger partial charge on any atom is 0.260 e. The molecule has 12 heavy (non-hydrogen) atoms. The topological polar surface area (TPSA) is 58.6 Å². The highest BCUT2D eigenvalue weighted by Gasteiger charge is 1.99. The first kappa shape index (κ1) is 7.42. The first-order valence-corrected chi connectivity index (χ1v) is 4.06. The lowest BCUT2D eigenvalue weighted by atomic mass is 10.3. The second-order valence-electron chi connectivity index (χ2n) is 2.24. The van der Waals surface area contributed by atoms with Crippen LogP contribution in [0, 0.1) is 0 Å². The van der Waals surface area contributed by atoms with Gasteiger partial charge in [0, 0.05) is 0 Å². The number of hydrogen-bond donors (Lipinski definition) is 1. The highest BCUT2D eigenvalue weighted by molar-refractivity contribution is 9.10. The number of hydrogen-bond acceptors (Lipinski definition) is 3. The Morgan fingerprint density at radius 2 is 2.25 bits per heavy atom. The summed E-state index contributed by atoms with van der Waals surface area (Å²) in [6.45, 7) is 0. The van der Waals surface area contributed by atoms with Gasteiger partial charge in [0.2, 0.25) is 0 Å². The molecule has 1 N–H and O–H groups in total. The molecule has 0 fully saturated rings. The van der Waals surface area contributed by atoms with Gasteiger partial charge in [-0.25, -0.2) is 9.97 Å². The van der Waals surface area contributed by atoms with Crippen molar-refractivity contribution < 1.29 is 0 Å². The molecule has 2 rings (SSSR count). The van der Waals surface area contributed by atoms with Gasteiger partial charge in [-0.3, -0.25) is 4.79 Å². The molecule has 0 unspecified atom stereocenters. The van der Waals surface area contributed by atoms with Crippen LogP contribution in [0.25, 0.3) is 11.0 Å². The molecule has 2 aromatic heterocycles. The summed E-state index contributed by atoms with van der Waals surface area (Å²) in [6.07, 6.45) is 1.34. The molecule has 4 nitrogen and oxygen atoms in total. The Morgan fingerprint density at radius 3 is 3.08 bits per heavy atom. The van der Waals surface area contributed by atoms with E-state index in [1.165, 1.54) is 6.33 Å². The van der Waals surface area contributed by atoms with E-state index in [-0.39, 0.29) is 5.56 Å². The molecule has 2 heterocycles. The number of rotatable bonds is 0. The molecule has 0 saturated carbocycles. The molecule has 0 aliphatic heterocycles. The van der Waals surface area contributed by atoms with E-state index in [0.717, 1.165) is 0 Å². The molecule has 0 amide bonds. The van der Waals surface area contributed by atoms with E-state index in [1.807, 2.05) is 0 Å². The molecule has 2 aromatic rings. The molecule has 0 saturated heterocycles. The first-order chi connectivity index (χ1) is 5.77. The molecule has 0 atom stereocenters. The molecule has 5 heteroatoms. The minimum Gasteiger partial charge on any atom is -0.313 e. The third-order valence-electron chi connectivity index (χ3n) is 1.47. The monoisotopic (exact) mass is 225 g/mol. The Balaban J connectivity index is 2.96. The lowest BCUT2D eigenvalue weighted by Gasteiger charge is -1.93. The Bertz CT molecular complexity index is 479. The number of H-pyrrole nitrogens is 1. The van der Waals surface area contributed by atoms with Gasteiger partial charge in [-0.15, -0.1) is 0 Å². The van der Waals surface area contributed by atoms with E-state index >= 15 is 0 Å². The third kappa shape index (κ3) is 1.12. The minimum absolute atomic E-state index is 0.167. The summed E-state index contributed by atoms with van der Waals surface area (Å²) in [5.74, 6) is 0. The van der Waals surface area contributed by atoms with Crippen molar-refractivity contribution in [2.45, 2.75) is 0 Å². The van der Waals surface area contributed by atoms with Crippen molar-refractivity contribution in [3.05, 3.63) is 33.4 Å². The molecule has 0 aliphatic carbocycles. The zero-order valence-electron chi connectivity index (χ0n) is 5.91. The predicted octanol–water partition coefficient (Wildman–Crippen LogP) is 1.08. The summed E-state index contributed by atoms with van der Waals surface area (Å²) in [4.78, 5) is 21.5. The minimum atomic E-state index is -0.167. The Kier molecular flexibility index (Phi) is 1.65. The maximum absolute atomic E-state index is 11.1. The number of aromatic amines is 1. The Hall–Kier alpha value is -1.23. The van der Waals surface area contributed by atoms with Crippen molar-refractivity contribution in [2.75, 3.05) is 0 Å². The van der Waals surface area contributed by atoms with E-state index in [0.29, 0.717) is 15.6 Å². The van der Waals surface area contributed by atoms with Crippen molar-refractivity contribution in [1.82, 2.24) is 15.0 Å². The molecule has 0 radical (unpaired) electrons. The van der Waals surface area contributed by atoms with E-state index < -0.39 is 0 Å². The van der Waals surface area contributed by atoms with Crippen LogP contribution in [0.1, 0.15) is 0 Å². The zero-order valence-corrected chi connectivity index (χ0v) is 7.50. The lowest BCUT2D eigenvalue weighted by molar-refractivity contribution is 1.13. The molecule has 0 bridgehead atoms. The largest absolute Gasteiger partial charge is 0.313 e. The van der Waals surface area contributed by atoms with Crippen molar-refractivity contribution in [1.29, 1.82) is 0 Å². The molecule has 0 spiro atoms. The van der Waals surface area contributed by atoms with E-state index in [2.05, 4.69) is 30.9 Å². The van der Waals surface area contributed by atoms with Crippen molar-refractivity contribution in [2.24, 2.45) is 0 Å². The molecular weight excluding hydrogens is 222 g/mol. The Labute approximate surface area is 75.8 Å². The normalized spacial score (nSPS) is 10.4. The molecule has 60 valence electrons. The van der Waals surface area contributed by atoms with Gasteiger partial charge in [-0.05, 0) is 28.1 Å². The van der Waals surface area contributed by atoms with Gasteiger partial charge in [-0.2, -0.15) is 0 Å². The number of halogens is 1. The average Bonchev–Trinajstić information content (AvgIpc) is 2.04. The number of nitrogens with one attached hydrogen (secondary N) is 1. The standard InChI is InChI=1S/C7H4BrN3O/c8-5-2-1-4-6(11-5)9-3-10-7(4)12/h1-3H,(H,9,10,11,12). The fourth-order valence-corrected chi connectivity index (χ4v) is 1.23. The number of pyridine rings is 1. The highest BCUT2D eigenvalue weighted by Crippen LogP contribution is 2.09. The van der Waals surface area contributed by atoms with Crippen LogP contribution in [-0.2, 0) is 0 Å². The van der Waals surface area contributed by atoms with Crippen LogP contribution in [0.5, 0.6) is 0 Å². The summed E-state index contributed by atoms with van der Waals surface area (Å²) < 4.78 is 0.674. The Morgan fingerprint density at radius 1 is 1.42 bits per heavy atom. The van der Waals surface area contributed by atoms with Crippen LogP contribution in [0.4, 0.5) is 0 Å². The smallest absolute Gasteiger partial charge is 0.260 e. The highest BCUT2D eigenvalue weighted by atomic mass is 79.9. The quantitative estimate of drug-likeness (QED) is 0.683. The molecule has 0 aromatic carbocycles. The summed E-state index contributed by atoms with van der Waals surface area (Å²) in [7, 11) is 0. The van der Waals surface area contributed by atoms with E-state index in [1.54, 1.807) is 12.1 Å². The van der Waals surface area contributed by atoms with Crippen LogP contribution in [0.15, 0.2) is 27.9 Å². The fourth-order valence-electron chi connectivity index (χ4n) is 0.931. The van der Waals surface area contributed by atoms with Gasteiger partial charge >= 0.3 is 0 Å². The van der Waals surface area contributed by atoms with Gasteiger partial charge in [-0.1, -0.05) is 0 Å². The summed E-state index contributed by atoms with van der Waals surface area (Å²) >= 11 is 3.19. The van der Waals surface area contributed by atoms with Gasteiger partial charge in [0.15, 0.2) is 5.65 Å². The number of fused-ring (bicyclic) bond motifs is 1. The third-order valence-corrected chi connectivity index (χ3v) is 1.91. The number of nitrogens with zero attached hydrogens (tertiary/aromatic N) is 2. The van der Waals surface area contributed by atoms with Crippen LogP contribution < -0.4 is 5.56 Å². The van der Waals surface area contributed by atoms with Gasteiger partial charge < -0.3 is 4.98 Å². The maximum atomic E-state index is 11.1. The summed E-state index contributed by atoms with van der Waals surface area (Å²) in [6, 6.07) is 3.39. The molecule has 0 aliphatic rings. The fraction of sp³-hybridized carbons (Fsp3) is 0. The lowest BCUT2D eigenvalue weighted by Crippen LogP contribution is -2.06. The number of aromatic nitrogens is 3. The van der Waals surface area contributed by atoms with Gasteiger partial charge in [0.05, 0.1) is 11.7 Å². The van der Waals surface area contributed by atoms with Gasteiger partial charge in [0.1, 0.15) is 4.60 Å². The SMILES string of the molecule is O=c1[nH]cnc2nc(Br)ccc12. The zero-order chi connectivity index (χ0) is 8.55. The van der Waals surface area contributed by atoms with E-state index in [9.17, 15) is 4.79 Å². The average molecular weight is 226 g/mol. The van der Waals surface area contributed by atoms with Crippen molar-refractivity contribution in [3.63, 3.8) is 0 Å². The van der Waals surface area contributed by atoms with E-state index in [4.69, 9.17) is 0 Å². The van der Waals surface area contributed by atoms with Crippen LogP contribution in [-0.4, -0.2) is 15.0 Å². The van der Waals surface area contributed by atoms with Crippen LogP contribution in [0.3, 0.4) is 0 Å². The van der Waals surface area contributed by atoms with Crippen LogP contribution in [0.2, 0.25) is 0 Å².